The van der Waals surface area contributed by atoms with E-state index >= 15 is 0 Å². The molecular weight excluding hydrogens is 196 g/mol. The summed E-state index contributed by atoms with van der Waals surface area (Å²) in [5.41, 5.74) is 0.00513. The fourth-order valence-corrected chi connectivity index (χ4v) is 1.90. The molecule has 1 nitrogen and oxygen atoms in total. The molecule has 94 valence electrons. The Kier molecular flexibility index (Phi) is 8.29. The molecule has 0 aromatic carbocycles. The summed E-state index contributed by atoms with van der Waals surface area (Å²) in [6.45, 7) is 8.73. The summed E-state index contributed by atoms with van der Waals surface area (Å²) in [7, 11) is 0. The van der Waals surface area contributed by atoms with Crippen LogP contribution in [0.25, 0.3) is 0 Å². The molecule has 0 fully saturated rings. The smallest absolute Gasteiger partial charge is 0.120 e. The van der Waals surface area contributed by atoms with Gasteiger partial charge in [0.25, 0.3) is 0 Å². The van der Waals surface area contributed by atoms with Gasteiger partial charge in [0.05, 0.1) is 0 Å². The summed E-state index contributed by atoms with van der Waals surface area (Å²) in [6.07, 6.45) is 11.0. The molecule has 0 radical (unpaired) electrons. The second-order valence-corrected chi connectivity index (χ2v) is 5.54. The highest BCUT2D eigenvalue weighted by Gasteiger charge is 2.22. The lowest BCUT2D eigenvalue weighted by Crippen LogP contribution is -2.19. The lowest BCUT2D eigenvalue weighted by Gasteiger charge is -2.27. The molecular formula is C15H28O. The maximum Gasteiger partial charge on any atom is 0.120 e. The van der Waals surface area contributed by atoms with Gasteiger partial charge in [0, 0.05) is 6.08 Å². The van der Waals surface area contributed by atoms with Crippen LogP contribution in [0.4, 0.5) is 0 Å². The van der Waals surface area contributed by atoms with Crippen molar-refractivity contribution in [2.45, 2.75) is 72.6 Å². The van der Waals surface area contributed by atoms with Crippen molar-refractivity contribution in [1.29, 1.82) is 0 Å². The van der Waals surface area contributed by atoms with E-state index in [-0.39, 0.29) is 5.41 Å². The fraction of sp³-hybridized carbons (Fsp3) is 0.867. The third kappa shape index (κ3) is 6.85. The topological polar surface area (TPSA) is 17.1 Å². The van der Waals surface area contributed by atoms with Gasteiger partial charge in [0.2, 0.25) is 0 Å². The number of rotatable bonds is 9. The zero-order chi connectivity index (χ0) is 12.4. The van der Waals surface area contributed by atoms with Gasteiger partial charge in [-0.2, -0.15) is 0 Å². The zero-order valence-electron chi connectivity index (χ0n) is 11.5. The number of allylic oxidation sites excluding steroid dienone is 1. The summed E-state index contributed by atoms with van der Waals surface area (Å²) in [4.78, 5) is 10.4. The van der Waals surface area contributed by atoms with E-state index in [4.69, 9.17) is 0 Å². The van der Waals surface area contributed by atoms with Crippen LogP contribution in [-0.2, 0) is 4.79 Å². The molecule has 1 heteroatoms. The first-order chi connectivity index (χ1) is 7.54. The van der Waals surface area contributed by atoms with Crippen molar-refractivity contribution in [3.05, 3.63) is 6.08 Å². The standard InChI is InChI=1S/C15H28O/c1-5-6-7-8-9-10-11-14(2)15(3,4)12-13-16/h12,14H,5-11H2,1-4H3. The highest BCUT2D eigenvalue weighted by Crippen LogP contribution is 2.31. The van der Waals surface area contributed by atoms with Crippen LogP contribution in [0.15, 0.2) is 6.08 Å². The first-order valence-corrected chi connectivity index (χ1v) is 6.76. The van der Waals surface area contributed by atoms with Crippen LogP contribution in [-0.4, -0.2) is 5.94 Å². The Morgan fingerprint density at radius 1 is 1.12 bits per heavy atom. The van der Waals surface area contributed by atoms with Gasteiger partial charge in [-0.05, 0) is 17.8 Å². The van der Waals surface area contributed by atoms with Gasteiger partial charge >= 0.3 is 0 Å². The third-order valence-electron chi connectivity index (χ3n) is 3.69. The van der Waals surface area contributed by atoms with E-state index in [1.807, 2.05) is 5.94 Å². The van der Waals surface area contributed by atoms with Crippen molar-refractivity contribution >= 4 is 5.94 Å². The number of hydrogen-bond acceptors (Lipinski definition) is 1. The summed E-state index contributed by atoms with van der Waals surface area (Å²) in [5, 5.41) is 0. The Hall–Kier alpha value is -0.550. The van der Waals surface area contributed by atoms with Crippen molar-refractivity contribution in [3.63, 3.8) is 0 Å². The van der Waals surface area contributed by atoms with Gasteiger partial charge in [0.1, 0.15) is 5.94 Å². The fourth-order valence-electron chi connectivity index (χ4n) is 1.90. The lowest BCUT2D eigenvalue weighted by atomic mass is 9.77. The van der Waals surface area contributed by atoms with E-state index in [1.165, 1.54) is 44.9 Å². The largest absolute Gasteiger partial charge is 0.234 e. The van der Waals surface area contributed by atoms with E-state index in [0.29, 0.717) is 5.92 Å². The maximum absolute atomic E-state index is 10.4. The predicted octanol–water partition coefficient (Wildman–Crippen LogP) is 4.79. The van der Waals surface area contributed by atoms with Crippen LogP contribution in [0, 0.1) is 11.3 Å². The molecule has 0 aliphatic carbocycles. The molecule has 0 saturated heterocycles. The molecule has 0 aromatic heterocycles. The van der Waals surface area contributed by atoms with Crippen LogP contribution in [0.3, 0.4) is 0 Å². The average Bonchev–Trinajstić information content (AvgIpc) is 2.22. The highest BCUT2D eigenvalue weighted by atomic mass is 16.1. The molecule has 0 amide bonds. The minimum atomic E-state index is 0.00513. The van der Waals surface area contributed by atoms with Crippen LogP contribution in [0.5, 0.6) is 0 Å². The molecule has 0 rings (SSSR count). The highest BCUT2D eigenvalue weighted by molar-refractivity contribution is 5.46. The van der Waals surface area contributed by atoms with Crippen LogP contribution < -0.4 is 0 Å². The molecule has 0 aliphatic rings. The first-order valence-electron chi connectivity index (χ1n) is 6.76. The van der Waals surface area contributed by atoms with Crippen molar-refractivity contribution in [2.24, 2.45) is 11.3 Å². The second-order valence-electron chi connectivity index (χ2n) is 5.54. The normalized spacial score (nSPS) is 13.2. The van der Waals surface area contributed by atoms with Crippen molar-refractivity contribution in [2.75, 3.05) is 0 Å². The van der Waals surface area contributed by atoms with Crippen molar-refractivity contribution in [1.82, 2.24) is 0 Å². The van der Waals surface area contributed by atoms with Gasteiger partial charge in [-0.3, -0.25) is 0 Å². The van der Waals surface area contributed by atoms with Gasteiger partial charge in [-0.15, -0.1) is 0 Å². The number of hydrogen-bond donors (Lipinski definition) is 0. The number of unbranched alkanes of at least 4 members (excludes halogenated alkanes) is 5. The minimum absolute atomic E-state index is 0.00513. The SMILES string of the molecule is CCCCCCCCC(C)C(C)(C)C=C=O. The van der Waals surface area contributed by atoms with E-state index in [1.54, 1.807) is 6.08 Å². The van der Waals surface area contributed by atoms with E-state index < -0.39 is 0 Å². The molecule has 0 bridgehead atoms. The summed E-state index contributed by atoms with van der Waals surface area (Å²) in [6, 6.07) is 0. The monoisotopic (exact) mass is 224 g/mol. The average molecular weight is 224 g/mol. The summed E-state index contributed by atoms with van der Waals surface area (Å²) < 4.78 is 0. The molecule has 0 aromatic rings. The Morgan fingerprint density at radius 3 is 2.25 bits per heavy atom. The second kappa shape index (κ2) is 8.58. The molecule has 0 saturated carbocycles. The number of carbonyl (C=O) groups excluding carboxylic acids is 1. The Balaban J connectivity index is 3.64. The molecule has 16 heavy (non-hydrogen) atoms. The lowest BCUT2D eigenvalue weighted by molar-refractivity contribution is 0.282. The van der Waals surface area contributed by atoms with Crippen LogP contribution >= 0.6 is 0 Å². The Labute approximate surface area is 101 Å². The quantitative estimate of drug-likeness (QED) is 0.406. The molecule has 0 N–H and O–H groups in total. The van der Waals surface area contributed by atoms with Crippen LogP contribution in [0.1, 0.15) is 72.6 Å². The predicted molar refractivity (Wildman–Crippen MR) is 71.2 cm³/mol. The molecule has 0 spiro atoms. The summed E-state index contributed by atoms with van der Waals surface area (Å²) >= 11 is 0. The Morgan fingerprint density at radius 2 is 1.69 bits per heavy atom. The van der Waals surface area contributed by atoms with Gasteiger partial charge in [-0.1, -0.05) is 66.2 Å². The molecule has 0 aliphatic heterocycles. The van der Waals surface area contributed by atoms with Gasteiger partial charge in [0.15, 0.2) is 0 Å². The minimum Gasteiger partial charge on any atom is -0.234 e. The molecule has 0 heterocycles. The van der Waals surface area contributed by atoms with Gasteiger partial charge < -0.3 is 0 Å². The zero-order valence-corrected chi connectivity index (χ0v) is 11.5. The van der Waals surface area contributed by atoms with Crippen LogP contribution in [0.2, 0.25) is 0 Å². The summed E-state index contributed by atoms with van der Waals surface area (Å²) in [5.74, 6) is 2.50. The van der Waals surface area contributed by atoms with E-state index in [9.17, 15) is 4.79 Å². The molecule has 1 atom stereocenters. The first kappa shape index (κ1) is 15.4. The van der Waals surface area contributed by atoms with E-state index in [2.05, 4.69) is 27.7 Å². The van der Waals surface area contributed by atoms with Gasteiger partial charge in [-0.25, -0.2) is 4.79 Å². The maximum atomic E-state index is 10.4. The van der Waals surface area contributed by atoms with Crippen molar-refractivity contribution < 1.29 is 4.79 Å². The van der Waals surface area contributed by atoms with E-state index in [0.717, 1.165) is 0 Å². The Bertz CT molecular complexity index is 211. The third-order valence-corrected chi connectivity index (χ3v) is 3.69. The van der Waals surface area contributed by atoms with Crippen molar-refractivity contribution in [3.8, 4) is 0 Å². The molecule has 1 unspecified atom stereocenters.